The number of aliphatic imine (C=N–C) groups is 1. The molecule has 2 aliphatic rings. The first-order valence-electron chi connectivity index (χ1n) is 7.82. The van der Waals surface area contributed by atoms with Crippen LogP contribution in [-0.2, 0) is 4.74 Å². The number of benzene rings is 1. The zero-order valence-corrected chi connectivity index (χ0v) is 14.0. The van der Waals surface area contributed by atoms with E-state index in [1.165, 1.54) is 0 Å². The Labute approximate surface area is 141 Å². The highest BCUT2D eigenvalue weighted by Gasteiger charge is 2.34. The standard InChI is InChI=1S/C18H20ClN3O/c1-3-16-18(20-4-2)17(13-9-11-23-12-10-13)21-22(16)15-7-5-14(19)6-8-15/h3-8,13H,2,9-12H2,1H3/b16-3+,20-18+. The minimum absolute atomic E-state index is 0.370. The topological polar surface area (TPSA) is 37.2 Å². The van der Waals surface area contributed by atoms with Crippen molar-refractivity contribution in [3.05, 3.63) is 53.8 Å². The molecule has 0 atom stereocenters. The molecule has 0 radical (unpaired) electrons. The summed E-state index contributed by atoms with van der Waals surface area (Å²) in [5, 5.41) is 7.51. The van der Waals surface area contributed by atoms with Crippen molar-refractivity contribution in [1.29, 1.82) is 0 Å². The number of nitrogens with zero attached hydrogens (tertiary/aromatic N) is 3. The van der Waals surface area contributed by atoms with Crippen LogP contribution in [0.2, 0.25) is 5.02 Å². The lowest BCUT2D eigenvalue weighted by atomic mass is 9.91. The zero-order chi connectivity index (χ0) is 16.2. The van der Waals surface area contributed by atoms with Crippen LogP contribution in [0.3, 0.4) is 0 Å². The van der Waals surface area contributed by atoms with Crippen molar-refractivity contribution >= 4 is 28.7 Å². The molecule has 120 valence electrons. The van der Waals surface area contributed by atoms with Crippen molar-refractivity contribution in [2.45, 2.75) is 19.8 Å². The molecule has 1 aromatic rings. The molecule has 1 fully saturated rings. The second-order valence-electron chi connectivity index (χ2n) is 5.49. The first-order valence-corrected chi connectivity index (χ1v) is 8.20. The first kappa shape index (κ1) is 16.0. The Hall–Kier alpha value is -1.91. The molecule has 0 saturated carbocycles. The summed E-state index contributed by atoms with van der Waals surface area (Å²) >= 11 is 6.00. The molecular formula is C18H20ClN3O. The molecule has 1 aromatic carbocycles. The fourth-order valence-electron chi connectivity index (χ4n) is 2.95. The molecule has 0 aromatic heterocycles. The average Bonchev–Trinajstić information content (AvgIpc) is 2.95. The molecule has 0 spiro atoms. The highest BCUT2D eigenvalue weighted by molar-refractivity contribution is 6.51. The maximum absolute atomic E-state index is 6.00. The van der Waals surface area contributed by atoms with Crippen LogP contribution in [-0.4, -0.2) is 24.6 Å². The minimum atomic E-state index is 0.370. The lowest BCUT2D eigenvalue weighted by Gasteiger charge is -2.21. The van der Waals surface area contributed by atoms with Crippen molar-refractivity contribution in [3.8, 4) is 0 Å². The van der Waals surface area contributed by atoms with E-state index >= 15 is 0 Å². The molecule has 23 heavy (non-hydrogen) atoms. The van der Waals surface area contributed by atoms with Gasteiger partial charge in [-0.3, -0.25) is 4.99 Å². The van der Waals surface area contributed by atoms with Gasteiger partial charge in [0.1, 0.15) is 5.71 Å². The summed E-state index contributed by atoms with van der Waals surface area (Å²) < 4.78 is 5.47. The van der Waals surface area contributed by atoms with Gasteiger partial charge in [-0.2, -0.15) is 5.10 Å². The van der Waals surface area contributed by atoms with Gasteiger partial charge < -0.3 is 4.74 Å². The number of hydrogen-bond donors (Lipinski definition) is 0. The van der Waals surface area contributed by atoms with E-state index < -0.39 is 0 Å². The summed E-state index contributed by atoms with van der Waals surface area (Å²) in [6.45, 7) is 7.30. The third-order valence-electron chi connectivity index (χ3n) is 4.09. The lowest BCUT2D eigenvalue weighted by Crippen LogP contribution is -2.27. The third-order valence-corrected chi connectivity index (χ3v) is 4.35. The Balaban J connectivity index is 2.01. The second-order valence-corrected chi connectivity index (χ2v) is 5.93. The van der Waals surface area contributed by atoms with Crippen LogP contribution in [0, 0.1) is 5.92 Å². The van der Waals surface area contributed by atoms with Gasteiger partial charge in [0.2, 0.25) is 0 Å². The van der Waals surface area contributed by atoms with Gasteiger partial charge in [0.05, 0.1) is 17.1 Å². The summed E-state index contributed by atoms with van der Waals surface area (Å²) in [4.78, 5) is 4.50. The number of halogens is 1. The molecule has 4 nitrogen and oxygen atoms in total. The van der Waals surface area contributed by atoms with E-state index in [1.54, 1.807) is 6.20 Å². The van der Waals surface area contributed by atoms with Crippen molar-refractivity contribution < 1.29 is 4.74 Å². The van der Waals surface area contributed by atoms with E-state index in [0.29, 0.717) is 10.9 Å². The SMILES string of the molecule is C=C/N=C1/C(C2CCOCC2)=NN(c2ccc(Cl)cc2)/C1=C/C. The van der Waals surface area contributed by atoms with Gasteiger partial charge in [0.15, 0.2) is 0 Å². The summed E-state index contributed by atoms with van der Waals surface area (Å²) in [5.41, 5.74) is 3.88. The van der Waals surface area contributed by atoms with Gasteiger partial charge in [-0.1, -0.05) is 24.3 Å². The Bertz CT molecular complexity index is 670. The predicted octanol–water partition coefficient (Wildman–Crippen LogP) is 4.43. The van der Waals surface area contributed by atoms with Gasteiger partial charge >= 0.3 is 0 Å². The fraction of sp³-hybridized carbons (Fsp3) is 0.333. The average molecular weight is 330 g/mol. The van der Waals surface area contributed by atoms with E-state index in [0.717, 1.165) is 48.9 Å². The molecule has 2 heterocycles. The quantitative estimate of drug-likeness (QED) is 0.822. The van der Waals surface area contributed by atoms with Crippen LogP contribution in [0.1, 0.15) is 19.8 Å². The van der Waals surface area contributed by atoms with Crippen LogP contribution in [0.5, 0.6) is 0 Å². The lowest BCUT2D eigenvalue weighted by molar-refractivity contribution is 0.0832. The highest BCUT2D eigenvalue weighted by Crippen LogP contribution is 2.31. The number of anilines is 1. The monoisotopic (exact) mass is 329 g/mol. The maximum Gasteiger partial charge on any atom is 0.112 e. The number of ether oxygens (including phenoxy) is 1. The van der Waals surface area contributed by atoms with Crippen LogP contribution < -0.4 is 5.01 Å². The van der Waals surface area contributed by atoms with Crippen LogP contribution in [0.15, 0.2) is 58.9 Å². The number of hydrazone groups is 1. The first-order chi connectivity index (χ1) is 11.2. The summed E-state index contributed by atoms with van der Waals surface area (Å²) in [5.74, 6) is 0.370. The van der Waals surface area contributed by atoms with Crippen LogP contribution in [0.25, 0.3) is 0 Å². The minimum Gasteiger partial charge on any atom is -0.381 e. The molecule has 1 saturated heterocycles. The Morgan fingerprint density at radius 2 is 2.00 bits per heavy atom. The largest absolute Gasteiger partial charge is 0.381 e. The van der Waals surface area contributed by atoms with E-state index in [4.69, 9.17) is 21.4 Å². The van der Waals surface area contributed by atoms with Gasteiger partial charge in [-0.25, -0.2) is 5.01 Å². The molecule has 5 heteroatoms. The molecule has 2 aliphatic heterocycles. The Morgan fingerprint density at radius 1 is 1.30 bits per heavy atom. The predicted molar refractivity (Wildman–Crippen MR) is 96.3 cm³/mol. The third kappa shape index (κ3) is 3.23. The van der Waals surface area contributed by atoms with Gasteiger partial charge in [-0.05, 0) is 44.0 Å². The Morgan fingerprint density at radius 3 is 2.61 bits per heavy atom. The van der Waals surface area contributed by atoms with Crippen molar-refractivity contribution in [2.24, 2.45) is 16.0 Å². The van der Waals surface area contributed by atoms with Crippen molar-refractivity contribution in [2.75, 3.05) is 18.2 Å². The molecule has 0 bridgehead atoms. The normalized spacial score (nSPS) is 22.7. The van der Waals surface area contributed by atoms with Crippen LogP contribution >= 0.6 is 11.6 Å². The van der Waals surface area contributed by atoms with Crippen molar-refractivity contribution in [1.82, 2.24) is 0 Å². The van der Waals surface area contributed by atoms with E-state index in [1.807, 2.05) is 42.3 Å². The van der Waals surface area contributed by atoms with Gasteiger partial charge in [0, 0.05) is 30.4 Å². The smallest absolute Gasteiger partial charge is 0.112 e. The number of allylic oxidation sites excluding steroid dienone is 2. The summed E-state index contributed by atoms with van der Waals surface area (Å²) in [6, 6.07) is 7.68. The molecule has 3 rings (SSSR count). The van der Waals surface area contributed by atoms with E-state index in [9.17, 15) is 0 Å². The fourth-order valence-corrected chi connectivity index (χ4v) is 3.07. The maximum atomic E-state index is 6.00. The molecule has 0 N–H and O–H groups in total. The Kier molecular flexibility index (Phi) is 4.94. The van der Waals surface area contributed by atoms with Crippen LogP contribution in [0.4, 0.5) is 5.69 Å². The number of rotatable bonds is 3. The molecule has 0 aliphatic carbocycles. The van der Waals surface area contributed by atoms with E-state index in [2.05, 4.69) is 11.6 Å². The summed E-state index contributed by atoms with van der Waals surface area (Å²) in [6.07, 6.45) is 5.56. The van der Waals surface area contributed by atoms with Crippen molar-refractivity contribution in [3.63, 3.8) is 0 Å². The second kappa shape index (κ2) is 7.11. The molecule has 0 unspecified atom stereocenters. The molecule has 0 amide bonds. The number of hydrogen-bond acceptors (Lipinski definition) is 4. The van der Waals surface area contributed by atoms with Gasteiger partial charge in [0.25, 0.3) is 0 Å². The summed E-state index contributed by atoms with van der Waals surface area (Å²) in [7, 11) is 0. The van der Waals surface area contributed by atoms with E-state index in [-0.39, 0.29) is 0 Å². The van der Waals surface area contributed by atoms with Gasteiger partial charge in [-0.15, -0.1) is 0 Å². The molecular weight excluding hydrogens is 310 g/mol. The highest BCUT2D eigenvalue weighted by atomic mass is 35.5. The zero-order valence-electron chi connectivity index (χ0n) is 13.2.